The van der Waals surface area contributed by atoms with Crippen LogP contribution in [0.25, 0.3) is 5.57 Å². The Morgan fingerprint density at radius 2 is 0.759 bits per heavy atom. The fourth-order valence-corrected chi connectivity index (χ4v) is 53.3. The van der Waals surface area contributed by atoms with E-state index in [-0.39, 0.29) is 0 Å². The van der Waals surface area contributed by atoms with Crippen molar-refractivity contribution in [1.29, 1.82) is 0 Å². The fourth-order valence-electron chi connectivity index (χ4n) is 11.9. The standard InChI is InChI=1S/C51H80Si7/c1-38-34-39(2)47(40(3)35-38)52(33-32-44(41-28-24-22-25-29-41)42-30-26-23-27-31-42)48-45(50(55(10,11)12)56(13,14)15)36-43(49(53(4,5)6)54(7,8)9)37-46(48)51(57(16,17)18)58(19,20)21/h22-31,34-37,49-51H,1-21H3. The Labute approximate surface area is 365 Å². The monoisotopic (exact) mass is 888 g/mol. The molecule has 0 saturated carbocycles. The van der Waals surface area contributed by atoms with E-state index in [2.05, 4.69) is 235 Å². The van der Waals surface area contributed by atoms with Gasteiger partial charge in [-0.2, -0.15) is 0 Å². The zero-order valence-corrected chi connectivity index (χ0v) is 47.8. The van der Waals surface area contributed by atoms with Crippen LogP contribution in [-0.2, 0) is 0 Å². The highest BCUT2D eigenvalue weighted by molar-refractivity contribution is 6.99. The summed E-state index contributed by atoms with van der Waals surface area (Å²) in [4.78, 5) is 0. The maximum absolute atomic E-state index is 4.35. The van der Waals surface area contributed by atoms with Gasteiger partial charge in [0.15, 0.2) is 0 Å². The predicted octanol–water partition coefficient (Wildman–Crippen LogP) is 14.0. The Kier molecular flexibility index (Phi) is 14.8. The predicted molar refractivity (Wildman–Crippen MR) is 284 cm³/mol. The van der Waals surface area contributed by atoms with E-state index in [0.29, 0.717) is 15.5 Å². The summed E-state index contributed by atoms with van der Waals surface area (Å²) in [6.07, 6.45) is 0. The molecule has 0 bridgehead atoms. The highest BCUT2D eigenvalue weighted by atomic mass is 28.4. The SMILES string of the molecule is Cc1cc(C)c([Si](=C=C=C(c2ccccc2)c2ccccc2)c2c(C([Si](C)(C)C)[Si](C)(C)C)cc(C([Si](C)(C)C)[Si](C)(C)C)cc2C([Si](C)(C)C)[Si](C)(C)C)c(C)c1. The molecule has 7 heteroatoms. The Morgan fingerprint density at radius 1 is 0.431 bits per heavy atom. The van der Waals surface area contributed by atoms with Crippen molar-refractivity contribution in [2.24, 2.45) is 0 Å². The third-order valence-electron chi connectivity index (χ3n) is 12.0. The van der Waals surface area contributed by atoms with Crippen molar-refractivity contribution >= 4 is 78.1 Å². The van der Waals surface area contributed by atoms with Gasteiger partial charge in [-0.15, -0.1) is 0 Å². The van der Waals surface area contributed by atoms with Crippen LogP contribution in [0.1, 0.15) is 60.0 Å². The molecule has 0 heterocycles. The summed E-state index contributed by atoms with van der Waals surface area (Å²) in [7, 11) is -11.9. The molecule has 0 spiro atoms. The molecule has 0 atom stereocenters. The molecule has 0 unspecified atom stereocenters. The number of hydrogen-bond acceptors (Lipinski definition) is 0. The molecule has 0 radical (unpaired) electrons. The van der Waals surface area contributed by atoms with Gasteiger partial charge in [-0.1, -0.05) is 219 Å². The fraction of sp³-hybridized carbons (Fsp3) is 0.471. The zero-order chi connectivity index (χ0) is 44.0. The van der Waals surface area contributed by atoms with Crippen molar-refractivity contribution in [2.45, 2.75) is 154 Å². The first-order valence-corrected chi connectivity index (χ1v) is 44.9. The average molecular weight is 890 g/mol. The van der Waals surface area contributed by atoms with Crippen LogP contribution >= 0.6 is 0 Å². The maximum atomic E-state index is 4.35. The van der Waals surface area contributed by atoms with Gasteiger partial charge in [-0.05, 0) is 85.6 Å². The lowest BCUT2D eigenvalue weighted by Crippen LogP contribution is -2.55. The van der Waals surface area contributed by atoms with Crippen molar-refractivity contribution in [3.63, 3.8) is 0 Å². The average Bonchev–Trinajstić information content (AvgIpc) is 3.01. The van der Waals surface area contributed by atoms with Crippen LogP contribution in [0.4, 0.5) is 0 Å². The minimum Gasteiger partial charge on any atom is -0.0968 e. The maximum Gasteiger partial charge on any atom is 0.147 e. The van der Waals surface area contributed by atoms with Gasteiger partial charge >= 0.3 is 0 Å². The normalized spacial score (nSPS) is 13.2. The van der Waals surface area contributed by atoms with E-state index in [4.69, 9.17) is 0 Å². The second kappa shape index (κ2) is 17.7. The molecule has 0 saturated heterocycles. The van der Waals surface area contributed by atoms with Crippen LogP contribution in [0.5, 0.6) is 0 Å². The van der Waals surface area contributed by atoms with Crippen molar-refractivity contribution < 1.29 is 0 Å². The number of hydrogen-bond donors (Lipinski definition) is 0. The zero-order valence-electron chi connectivity index (χ0n) is 40.8. The molecule has 4 aromatic carbocycles. The molecule has 0 amide bonds. The lowest BCUT2D eigenvalue weighted by atomic mass is 9.99. The molecule has 0 nitrogen and oxygen atoms in total. The van der Waals surface area contributed by atoms with Crippen LogP contribution < -0.4 is 10.4 Å². The van der Waals surface area contributed by atoms with E-state index in [1.165, 1.54) is 33.0 Å². The summed E-state index contributed by atoms with van der Waals surface area (Å²) in [5, 5.41) is 9.48. The third-order valence-corrected chi connectivity index (χ3v) is 42.6. The Hall–Kier alpha value is -2.17. The van der Waals surface area contributed by atoms with Gasteiger partial charge in [0, 0.05) is 54.0 Å². The van der Waals surface area contributed by atoms with Crippen LogP contribution in [0, 0.1) is 20.8 Å². The summed E-state index contributed by atoms with van der Waals surface area (Å²) in [6, 6.07) is 32.6. The minimum absolute atomic E-state index is 0.612. The number of aryl methyl sites for hydroxylation is 3. The molecule has 0 N–H and O–H groups in total. The third kappa shape index (κ3) is 11.4. The number of rotatable bonds is 13. The second-order valence-corrected chi connectivity index (χ2v) is 59.7. The van der Waals surface area contributed by atoms with Gasteiger partial charge in [0.25, 0.3) is 0 Å². The second-order valence-electron chi connectivity index (χ2n) is 24.1. The van der Waals surface area contributed by atoms with Crippen molar-refractivity contribution in [1.82, 2.24) is 0 Å². The smallest absolute Gasteiger partial charge is 0.0968 e. The molecule has 0 fully saturated rings. The van der Waals surface area contributed by atoms with Crippen LogP contribution in [0.3, 0.4) is 0 Å². The molecule has 312 valence electrons. The van der Waals surface area contributed by atoms with Crippen LogP contribution in [-0.4, -0.2) is 62.2 Å². The molecule has 0 aliphatic rings. The highest BCUT2D eigenvalue weighted by Gasteiger charge is 2.47. The van der Waals surface area contributed by atoms with Crippen LogP contribution in [0.2, 0.25) is 118 Å². The Morgan fingerprint density at radius 3 is 1.07 bits per heavy atom. The van der Waals surface area contributed by atoms with E-state index in [1.54, 1.807) is 21.9 Å². The van der Waals surface area contributed by atoms with Crippen molar-refractivity contribution in [3.8, 4) is 0 Å². The lowest BCUT2D eigenvalue weighted by molar-refractivity contribution is 1.10. The molecule has 0 aromatic heterocycles. The quantitative estimate of drug-likeness (QED) is 0.0927. The van der Waals surface area contributed by atoms with Gasteiger partial charge in [0.1, 0.15) is 8.41 Å². The molecule has 4 aromatic rings. The molecule has 4 rings (SSSR count). The summed E-state index contributed by atoms with van der Waals surface area (Å²) < 4.78 is 0. The van der Waals surface area contributed by atoms with Crippen molar-refractivity contribution in [3.05, 3.63) is 135 Å². The first-order chi connectivity index (χ1) is 26.3. The number of benzene rings is 4. The molecule has 58 heavy (non-hydrogen) atoms. The van der Waals surface area contributed by atoms with E-state index in [1.807, 2.05) is 0 Å². The van der Waals surface area contributed by atoms with E-state index >= 15 is 0 Å². The lowest BCUT2D eigenvalue weighted by Gasteiger charge is -2.46. The van der Waals surface area contributed by atoms with Gasteiger partial charge in [0.05, 0.1) is 0 Å². The summed E-state index contributed by atoms with van der Waals surface area (Å²) in [5.74, 6) is 0. The van der Waals surface area contributed by atoms with E-state index < -0.39 is 56.9 Å². The Balaban J connectivity index is 2.57. The molecule has 0 aliphatic carbocycles. The molecular weight excluding hydrogens is 809 g/mol. The topological polar surface area (TPSA) is 0 Å². The highest BCUT2D eigenvalue weighted by Crippen LogP contribution is 2.44. The molecule has 0 aliphatic heterocycles. The minimum atomic E-state index is -1.76. The van der Waals surface area contributed by atoms with E-state index in [9.17, 15) is 0 Å². The molecular formula is C51H80Si7. The van der Waals surface area contributed by atoms with Gasteiger partial charge in [-0.25, -0.2) is 0 Å². The largest absolute Gasteiger partial charge is 0.147 e. The summed E-state index contributed by atoms with van der Waals surface area (Å²) in [5.41, 5.74) is 17.0. The van der Waals surface area contributed by atoms with Gasteiger partial charge in [-0.3, -0.25) is 0 Å². The van der Waals surface area contributed by atoms with E-state index in [0.717, 1.165) is 5.57 Å². The Bertz CT molecular complexity index is 2020. The van der Waals surface area contributed by atoms with Crippen molar-refractivity contribution in [2.75, 3.05) is 0 Å². The first-order valence-electron chi connectivity index (χ1n) is 22.0. The van der Waals surface area contributed by atoms with Gasteiger partial charge in [0.2, 0.25) is 0 Å². The first kappa shape index (κ1) is 48.5. The summed E-state index contributed by atoms with van der Waals surface area (Å²) in [6.45, 7) is 55.3. The van der Waals surface area contributed by atoms with Gasteiger partial charge < -0.3 is 0 Å². The van der Waals surface area contributed by atoms with Crippen LogP contribution in [0.15, 0.2) is 90.7 Å². The summed E-state index contributed by atoms with van der Waals surface area (Å²) >= 11 is 0.